The molecule has 0 bridgehead atoms. The Kier molecular flexibility index (Phi) is 4.62. The van der Waals surface area contributed by atoms with Gasteiger partial charge in [-0.1, -0.05) is 29.8 Å². The summed E-state index contributed by atoms with van der Waals surface area (Å²) in [6.45, 7) is 1.90. The summed E-state index contributed by atoms with van der Waals surface area (Å²) in [5.74, 6) is 0.727. The number of aryl methyl sites for hydroxylation is 1. The molecule has 0 spiro atoms. The number of rotatable bonds is 4. The molecule has 0 aliphatic heterocycles. The van der Waals surface area contributed by atoms with Gasteiger partial charge in [-0.15, -0.1) is 0 Å². The monoisotopic (exact) mass is 342 g/mol. The van der Waals surface area contributed by atoms with Crippen molar-refractivity contribution in [2.45, 2.75) is 6.92 Å². The van der Waals surface area contributed by atoms with Crippen molar-refractivity contribution < 1.29 is 4.39 Å². The van der Waals surface area contributed by atoms with Crippen LogP contribution in [-0.4, -0.2) is 17.0 Å². The largest absolute Gasteiger partial charge is 0.340 e. The summed E-state index contributed by atoms with van der Waals surface area (Å²) in [4.78, 5) is 10.9. The number of nitrogens with zero attached hydrogens (tertiary/aromatic N) is 3. The van der Waals surface area contributed by atoms with E-state index in [2.05, 4.69) is 15.3 Å². The quantitative estimate of drug-likeness (QED) is 0.717. The van der Waals surface area contributed by atoms with E-state index >= 15 is 0 Å². The Hall–Kier alpha value is -2.66. The first kappa shape index (κ1) is 16.2. The third kappa shape index (κ3) is 3.63. The summed E-state index contributed by atoms with van der Waals surface area (Å²) >= 11 is 5.82. The molecule has 6 heteroatoms. The highest BCUT2D eigenvalue weighted by Gasteiger charge is 2.10. The maximum absolute atomic E-state index is 13.3. The van der Waals surface area contributed by atoms with Crippen LogP contribution in [0.15, 0.2) is 54.6 Å². The number of hydrogen-bond acceptors (Lipinski definition) is 4. The summed E-state index contributed by atoms with van der Waals surface area (Å²) in [6.07, 6.45) is 0. The van der Waals surface area contributed by atoms with E-state index in [1.54, 1.807) is 6.07 Å². The van der Waals surface area contributed by atoms with E-state index in [0.29, 0.717) is 17.5 Å². The van der Waals surface area contributed by atoms with E-state index in [-0.39, 0.29) is 5.02 Å². The molecular weight excluding hydrogens is 327 g/mol. The molecule has 1 heterocycles. The van der Waals surface area contributed by atoms with Crippen LogP contribution in [0.4, 0.5) is 27.5 Å². The van der Waals surface area contributed by atoms with Crippen LogP contribution >= 0.6 is 11.6 Å². The molecule has 0 amide bonds. The highest BCUT2D eigenvalue weighted by atomic mass is 35.5. The van der Waals surface area contributed by atoms with E-state index in [1.165, 1.54) is 12.1 Å². The fourth-order valence-corrected chi connectivity index (χ4v) is 2.44. The number of anilines is 4. The molecule has 1 aromatic heterocycles. The van der Waals surface area contributed by atoms with Crippen molar-refractivity contribution in [2.75, 3.05) is 17.3 Å². The lowest BCUT2D eigenvalue weighted by Crippen LogP contribution is -2.14. The van der Waals surface area contributed by atoms with Gasteiger partial charge in [-0.25, -0.2) is 9.37 Å². The molecule has 0 saturated heterocycles. The Morgan fingerprint density at radius 1 is 1.04 bits per heavy atom. The summed E-state index contributed by atoms with van der Waals surface area (Å²) < 4.78 is 13.3. The highest BCUT2D eigenvalue weighted by molar-refractivity contribution is 6.31. The van der Waals surface area contributed by atoms with Gasteiger partial charge in [0.1, 0.15) is 11.6 Å². The predicted octanol–water partition coefficient (Wildman–Crippen LogP) is 5.09. The molecule has 0 saturated carbocycles. The number of hydrogen-bond donors (Lipinski definition) is 1. The summed E-state index contributed by atoms with van der Waals surface area (Å²) in [5.41, 5.74) is 2.46. The smallest absolute Gasteiger partial charge is 0.231 e. The first-order chi connectivity index (χ1) is 11.5. The van der Waals surface area contributed by atoms with Crippen LogP contribution in [0.1, 0.15) is 5.69 Å². The fraction of sp³-hybridized carbons (Fsp3) is 0.111. The minimum Gasteiger partial charge on any atom is -0.340 e. The van der Waals surface area contributed by atoms with E-state index in [9.17, 15) is 4.39 Å². The van der Waals surface area contributed by atoms with Crippen LogP contribution in [0.5, 0.6) is 0 Å². The van der Waals surface area contributed by atoms with Crippen LogP contribution < -0.4 is 10.2 Å². The molecule has 122 valence electrons. The summed E-state index contributed by atoms with van der Waals surface area (Å²) in [5, 5.41) is 3.19. The number of para-hydroxylation sites is 1. The Morgan fingerprint density at radius 3 is 2.50 bits per heavy atom. The van der Waals surface area contributed by atoms with Gasteiger partial charge in [0.15, 0.2) is 0 Å². The molecule has 4 nitrogen and oxygen atoms in total. The highest BCUT2D eigenvalue weighted by Crippen LogP contribution is 2.25. The Bertz CT molecular complexity index is 855. The van der Waals surface area contributed by atoms with Gasteiger partial charge < -0.3 is 10.2 Å². The maximum atomic E-state index is 13.3. The lowest BCUT2D eigenvalue weighted by Gasteiger charge is -2.18. The average Bonchev–Trinajstić information content (AvgIpc) is 2.58. The van der Waals surface area contributed by atoms with E-state index in [1.807, 2.05) is 55.3 Å². The van der Waals surface area contributed by atoms with Crippen molar-refractivity contribution in [3.8, 4) is 0 Å². The van der Waals surface area contributed by atoms with E-state index in [0.717, 1.165) is 11.4 Å². The first-order valence-corrected chi connectivity index (χ1v) is 7.77. The standard InChI is InChI=1S/C18H16ClFN4/c1-12-10-17(22-13-8-9-16(20)15(19)11-13)23-18(21-12)24(2)14-6-4-3-5-7-14/h3-11H,1-2H3,(H,21,22,23). The van der Waals surface area contributed by atoms with Crippen molar-refractivity contribution in [1.82, 2.24) is 9.97 Å². The fourth-order valence-electron chi connectivity index (χ4n) is 2.26. The van der Waals surface area contributed by atoms with Crippen LogP contribution in [0.25, 0.3) is 0 Å². The maximum Gasteiger partial charge on any atom is 0.231 e. The van der Waals surface area contributed by atoms with Gasteiger partial charge in [-0.2, -0.15) is 4.98 Å². The van der Waals surface area contributed by atoms with E-state index in [4.69, 9.17) is 11.6 Å². The third-order valence-electron chi connectivity index (χ3n) is 3.48. The van der Waals surface area contributed by atoms with Crippen LogP contribution in [-0.2, 0) is 0 Å². The van der Waals surface area contributed by atoms with Crippen LogP contribution in [0.3, 0.4) is 0 Å². The second kappa shape index (κ2) is 6.84. The second-order valence-electron chi connectivity index (χ2n) is 5.34. The molecule has 3 aromatic rings. The van der Waals surface area contributed by atoms with Crippen LogP contribution in [0, 0.1) is 12.7 Å². The molecular formula is C18H16ClFN4. The molecule has 0 aliphatic rings. The van der Waals surface area contributed by atoms with Gasteiger partial charge in [-0.05, 0) is 37.3 Å². The molecule has 2 aromatic carbocycles. The van der Waals surface area contributed by atoms with Crippen molar-refractivity contribution in [3.05, 3.63) is 71.1 Å². The van der Waals surface area contributed by atoms with Crippen molar-refractivity contribution in [3.63, 3.8) is 0 Å². The number of nitrogens with one attached hydrogen (secondary N) is 1. The molecule has 0 atom stereocenters. The van der Waals surface area contributed by atoms with Gasteiger partial charge in [-0.3, -0.25) is 0 Å². The number of benzene rings is 2. The summed E-state index contributed by atoms with van der Waals surface area (Å²) in [6, 6.07) is 16.1. The number of aromatic nitrogens is 2. The molecule has 0 aliphatic carbocycles. The van der Waals surface area contributed by atoms with Gasteiger partial charge in [0, 0.05) is 30.2 Å². The van der Waals surface area contributed by atoms with E-state index < -0.39 is 5.82 Å². The van der Waals surface area contributed by atoms with Crippen molar-refractivity contribution >= 4 is 34.7 Å². The minimum absolute atomic E-state index is 0.0624. The minimum atomic E-state index is -0.453. The predicted molar refractivity (Wildman–Crippen MR) is 96.0 cm³/mol. The van der Waals surface area contributed by atoms with Crippen LogP contribution in [0.2, 0.25) is 5.02 Å². The normalized spacial score (nSPS) is 10.5. The van der Waals surface area contributed by atoms with Gasteiger partial charge in [0.25, 0.3) is 0 Å². The molecule has 0 radical (unpaired) electrons. The SMILES string of the molecule is Cc1cc(Nc2ccc(F)c(Cl)c2)nc(N(C)c2ccccc2)n1. The summed E-state index contributed by atoms with van der Waals surface area (Å²) in [7, 11) is 1.91. The Balaban J connectivity index is 1.90. The van der Waals surface area contributed by atoms with Gasteiger partial charge >= 0.3 is 0 Å². The lowest BCUT2D eigenvalue weighted by atomic mass is 10.3. The molecule has 0 unspecified atom stereocenters. The Labute approximate surface area is 144 Å². The average molecular weight is 343 g/mol. The number of halogens is 2. The zero-order valence-electron chi connectivity index (χ0n) is 13.3. The Morgan fingerprint density at radius 2 is 1.79 bits per heavy atom. The third-order valence-corrected chi connectivity index (χ3v) is 3.77. The molecule has 1 N–H and O–H groups in total. The van der Waals surface area contributed by atoms with Crippen molar-refractivity contribution in [1.29, 1.82) is 0 Å². The zero-order chi connectivity index (χ0) is 17.1. The van der Waals surface area contributed by atoms with Crippen molar-refractivity contribution in [2.24, 2.45) is 0 Å². The second-order valence-corrected chi connectivity index (χ2v) is 5.75. The molecule has 0 fully saturated rings. The van der Waals surface area contributed by atoms with Gasteiger partial charge in [0.05, 0.1) is 5.02 Å². The lowest BCUT2D eigenvalue weighted by molar-refractivity contribution is 0.628. The molecule has 3 rings (SSSR count). The van der Waals surface area contributed by atoms with Gasteiger partial charge in [0.2, 0.25) is 5.95 Å². The zero-order valence-corrected chi connectivity index (χ0v) is 14.0. The molecule has 24 heavy (non-hydrogen) atoms. The topological polar surface area (TPSA) is 41.1 Å². The first-order valence-electron chi connectivity index (χ1n) is 7.39.